The van der Waals surface area contributed by atoms with Gasteiger partial charge < -0.3 is 20.7 Å². The SMILES string of the molecule is COC(=O)c1cn(C[C@H](CC(C)C)NC(=O)[C@H](C(C)C)n2cc(CCCNCC(C)(C)CNc3nn4c(-c5ccccc5)nnc4cc3C3CCC3)nn2)nn1. The molecule has 5 aromatic rings. The number of carbonyl (C=O) groups is 2. The van der Waals surface area contributed by atoms with E-state index in [0.717, 1.165) is 67.4 Å². The second kappa shape index (κ2) is 18.1. The number of benzene rings is 1. The molecule has 56 heavy (non-hydrogen) atoms. The molecule has 0 unspecified atom stereocenters. The van der Waals surface area contributed by atoms with E-state index >= 15 is 0 Å². The molecule has 6 rings (SSSR count). The van der Waals surface area contributed by atoms with Gasteiger partial charge in [-0.25, -0.2) is 14.2 Å². The second-order valence-corrected chi connectivity index (χ2v) is 16.6. The molecule has 16 nitrogen and oxygen atoms in total. The zero-order chi connectivity index (χ0) is 39.8. The Morgan fingerprint density at radius 2 is 1.77 bits per heavy atom. The Bertz CT molecular complexity index is 2050. The normalized spacial score (nSPS) is 14.6. The number of amides is 1. The maximum Gasteiger partial charge on any atom is 0.360 e. The molecule has 1 aliphatic carbocycles. The molecule has 0 spiro atoms. The monoisotopic (exact) mass is 767 g/mol. The van der Waals surface area contributed by atoms with Crippen LogP contribution < -0.4 is 16.0 Å². The zero-order valence-electron chi connectivity index (χ0n) is 33.8. The molecule has 1 fully saturated rings. The lowest BCUT2D eigenvalue weighted by Crippen LogP contribution is -2.44. The van der Waals surface area contributed by atoms with Crippen LogP contribution in [0.1, 0.15) is 107 Å². The van der Waals surface area contributed by atoms with Gasteiger partial charge in [0.1, 0.15) is 6.04 Å². The predicted molar refractivity (Wildman–Crippen MR) is 213 cm³/mol. The van der Waals surface area contributed by atoms with Crippen molar-refractivity contribution in [2.24, 2.45) is 17.3 Å². The van der Waals surface area contributed by atoms with Crippen molar-refractivity contribution in [1.82, 2.24) is 60.4 Å². The molecule has 1 aromatic carbocycles. The number of nitrogens with zero attached hydrogens (tertiary/aromatic N) is 10. The van der Waals surface area contributed by atoms with E-state index in [9.17, 15) is 9.59 Å². The molecule has 1 amide bonds. The number of nitrogens with one attached hydrogen (secondary N) is 3. The number of hydrogen-bond donors (Lipinski definition) is 3. The molecule has 2 atom stereocenters. The van der Waals surface area contributed by atoms with E-state index < -0.39 is 12.0 Å². The van der Waals surface area contributed by atoms with Gasteiger partial charge in [0, 0.05) is 36.5 Å². The summed E-state index contributed by atoms with van der Waals surface area (Å²) in [6.45, 7) is 15.5. The van der Waals surface area contributed by atoms with Gasteiger partial charge in [-0.1, -0.05) is 88.7 Å². The highest BCUT2D eigenvalue weighted by molar-refractivity contribution is 5.86. The number of aryl methyl sites for hydroxylation is 1. The first kappa shape index (κ1) is 40.4. The highest BCUT2D eigenvalue weighted by atomic mass is 16.5. The van der Waals surface area contributed by atoms with E-state index in [1.807, 2.05) is 54.9 Å². The van der Waals surface area contributed by atoms with E-state index in [-0.39, 0.29) is 29.0 Å². The van der Waals surface area contributed by atoms with Crippen LogP contribution in [0.4, 0.5) is 5.82 Å². The van der Waals surface area contributed by atoms with Gasteiger partial charge in [0.15, 0.2) is 23.0 Å². The average molecular weight is 768 g/mol. The van der Waals surface area contributed by atoms with Gasteiger partial charge in [-0.3, -0.25) is 4.79 Å². The molecule has 16 heteroatoms. The van der Waals surface area contributed by atoms with Crippen LogP contribution in [0.15, 0.2) is 48.8 Å². The van der Waals surface area contributed by atoms with Crippen molar-refractivity contribution in [1.29, 1.82) is 0 Å². The van der Waals surface area contributed by atoms with Crippen LogP contribution >= 0.6 is 0 Å². The summed E-state index contributed by atoms with van der Waals surface area (Å²) in [5.74, 6) is 1.74. The van der Waals surface area contributed by atoms with E-state index in [1.165, 1.54) is 38.1 Å². The topological polar surface area (TPSA) is 184 Å². The number of rotatable bonds is 20. The Labute approximate surface area is 328 Å². The first-order valence-corrected chi connectivity index (χ1v) is 19.9. The molecule has 1 saturated carbocycles. The Kier molecular flexibility index (Phi) is 13.1. The number of ether oxygens (including phenoxy) is 1. The number of carbonyl (C=O) groups excluding carboxylic acids is 2. The van der Waals surface area contributed by atoms with Crippen LogP contribution in [0.2, 0.25) is 0 Å². The van der Waals surface area contributed by atoms with E-state index in [0.29, 0.717) is 18.4 Å². The van der Waals surface area contributed by atoms with Gasteiger partial charge in [-0.2, -0.15) is 4.52 Å². The number of fused-ring (bicyclic) bond motifs is 1. The minimum Gasteiger partial charge on any atom is -0.464 e. The van der Waals surface area contributed by atoms with Gasteiger partial charge in [-0.15, -0.1) is 25.5 Å². The molecule has 300 valence electrons. The lowest BCUT2D eigenvalue weighted by Gasteiger charge is -2.30. The molecule has 4 heterocycles. The van der Waals surface area contributed by atoms with E-state index in [4.69, 9.17) is 9.84 Å². The standard InChI is InChI=1S/C40H57N13O3/c1-26(2)19-31(21-51-23-33(45-49-51)39(55)56-7)43-38(54)35(27(3)4)52-22-30(44-50-52)17-12-18-41-24-40(5,6)25-42-36-32(28-15-11-16-28)20-34-46-47-37(53(34)48-36)29-13-9-8-10-14-29/h8-10,13-14,20,22-23,26-28,31,35,41H,11-12,15-19,21,24-25H2,1-7H3,(H,42,48)(H,43,54)/t31-,35-/m0/s1. The van der Waals surface area contributed by atoms with Gasteiger partial charge in [0.05, 0.1) is 25.5 Å². The average Bonchev–Trinajstić information content (AvgIpc) is 3.90. The fourth-order valence-corrected chi connectivity index (χ4v) is 7.13. The third kappa shape index (κ3) is 10.1. The molecular weight excluding hydrogens is 711 g/mol. The smallest absolute Gasteiger partial charge is 0.360 e. The van der Waals surface area contributed by atoms with Crippen LogP contribution in [-0.2, 0) is 22.5 Å². The Balaban J connectivity index is 0.999. The Morgan fingerprint density at radius 1 is 0.982 bits per heavy atom. The van der Waals surface area contributed by atoms with Gasteiger partial charge in [-0.05, 0) is 67.9 Å². The van der Waals surface area contributed by atoms with Crippen molar-refractivity contribution < 1.29 is 14.3 Å². The van der Waals surface area contributed by atoms with Crippen LogP contribution in [-0.4, -0.2) is 94.5 Å². The first-order chi connectivity index (χ1) is 26.9. The maximum absolute atomic E-state index is 13.7. The summed E-state index contributed by atoms with van der Waals surface area (Å²) in [4.78, 5) is 25.6. The molecule has 4 aromatic heterocycles. The summed E-state index contributed by atoms with van der Waals surface area (Å²) in [6.07, 6.45) is 9.33. The number of hydrogen-bond acceptors (Lipinski definition) is 12. The number of anilines is 1. The third-order valence-corrected chi connectivity index (χ3v) is 10.3. The highest BCUT2D eigenvalue weighted by Gasteiger charge is 2.29. The molecule has 3 N–H and O–H groups in total. The maximum atomic E-state index is 13.7. The van der Waals surface area contributed by atoms with Gasteiger partial charge in [0.25, 0.3) is 0 Å². The molecule has 0 saturated heterocycles. The summed E-state index contributed by atoms with van der Waals surface area (Å²) < 4.78 is 9.85. The van der Waals surface area contributed by atoms with Crippen molar-refractivity contribution in [3.8, 4) is 11.4 Å². The Hall–Kier alpha value is -5.25. The minimum atomic E-state index is -0.554. The summed E-state index contributed by atoms with van der Waals surface area (Å²) in [7, 11) is 1.30. The van der Waals surface area contributed by atoms with Crippen LogP contribution in [0, 0.1) is 17.3 Å². The third-order valence-electron chi connectivity index (χ3n) is 10.3. The molecular formula is C40H57N13O3. The summed E-state index contributed by atoms with van der Waals surface area (Å²) in [6, 6.07) is 11.5. The largest absolute Gasteiger partial charge is 0.464 e. The molecule has 1 aliphatic rings. The molecule has 0 bridgehead atoms. The van der Waals surface area contributed by atoms with Crippen molar-refractivity contribution >= 4 is 23.3 Å². The highest BCUT2D eigenvalue weighted by Crippen LogP contribution is 2.40. The summed E-state index contributed by atoms with van der Waals surface area (Å²) >= 11 is 0. The summed E-state index contributed by atoms with van der Waals surface area (Å²) in [5, 5.41) is 41.3. The summed E-state index contributed by atoms with van der Waals surface area (Å²) in [5.41, 5.74) is 3.90. The van der Waals surface area contributed by atoms with Gasteiger partial charge >= 0.3 is 5.97 Å². The van der Waals surface area contributed by atoms with Crippen molar-refractivity contribution in [2.75, 3.05) is 32.1 Å². The lowest BCUT2D eigenvalue weighted by atomic mass is 9.80. The number of esters is 1. The molecule has 0 aliphatic heterocycles. The van der Waals surface area contributed by atoms with Crippen LogP contribution in [0.25, 0.3) is 17.0 Å². The van der Waals surface area contributed by atoms with Gasteiger partial charge in [0.2, 0.25) is 5.91 Å². The molecule has 0 radical (unpaired) electrons. The predicted octanol–water partition coefficient (Wildman–Crippen LogP) is 5.12. The first-order valence-electron chi connectivity index (χ1n) is 19.9. The Morgan fingerprint density at radius 3 is 2.46 bits per heavy atom. The van der Waals surface area contributed by atoms with Crippen LogP contribution in [0.5, 0.6) is 0 Å². The fourth-order valence-electron chi connectivity index (χ4n) is 7.13. The van der Waals surface area contributed by atoms with Crippen molar-refractivity contribution in [2.45, 2.75) is 105 Å². The number of methoxy groups -OCH3 is 1. The fraction of sp³-hybridized carbons (Fsp3) is 0.575. The van der Waals surface area contributed by atoms with Crippen LogP contribution in [0.3, 0.4) is 0 Å². The second-order valence-electron chi connectivity index (χ2n) is 16.6. The lowest BCUT2D eigenvalue weighted by molar-refractivity contribution is -0.126. The van der Waals surface area contributed by atoms with E-state index in [2.05, 4.69) is 80.5 Å². The zero-order valence-corrected chi connectivity index (χ0v) is 33.8. The minimum absolute atomic E-state index is 0.0245. The van der Waals surface area contributed by atoms with E-state index in [1.54, 1.807) is 9.36 Å². The van der Waals surface area contributed by atoms with Crippen molar-refractivity contribution in [3.63, 3.8) is 0 Å². The quantitative estimate of drug-likeness (QED) is 0.0703. The number of aromatic nitrogens is 10. The van der Waals surface area contributed by atoms with Crippen molar-refractivity contribution in [3.05, 3.63) is 65.7 Å².